The number of aromatic amines is 2. The maximum absolute atomic E-state index is 7.17. The molecule has 2 aliphatic rings. The van der Waals surface area contributed by atoms with E-state index in [4.69, 9.17) is 67.8 Å². The number of thioether (sulfide) groups is 8. The van der Waals surface area contributed by atoms with Crippen molar-refractivity contribution in [2.24, 2.45) is 0 Å². The third-order valence-corrected chi connectivity index (χ3v) is 24.9. The zero-order chi connectivity index (χ0) is 74.1. The van der Waals surface area contributed by atoms with Gasteiger partial charge in [0.2, 0.25) is 0 Å². The van der Waals surface area contributed by atoms with Crippen LogP contribution in [-0.4, -0.2) is 139 Å². The Morgan fingerprint density at radius 1 is 0.212 bits per heavy atom. The van der Waals surface area contributed by atoms with E-state index < -0.39 is 0 Å². The third kappa shape index (κ3) is 18.8. The van der Waals surface area contributed by atoms with E-state index in [1.54, 1.807) is 94.1 Å². The molecule has 8 bridgehead atoms. The van der Waals surface area contributed by atoms with Gasteiger partial charge in [-0.25, -0.2) is 29.9 Å². The van der Waals surface area contributed by atoms with E-state index in [9.17, 15) is 0 Å². The second-order valence-electron chi connectivity index (χ2n) is 25.0. The quantitative estimate of drug-likeness (QED) is 0.0271. The average molecular weight is 1570 g/mol. The van der Waals surface area contributed by atoms with Crippen molar-refractivity contribution in [1.82, 2.24) is 39.9 Å². The minimum Gasteiger partial charge on any atom is -0.488 e. The standard InChI is InChI=1S/C80H114N8O8S8/c1-17-33-41-89-57-58(90-42-34-18-2)66(98-26-10)50-49(65(57)97-25-9)73-81-74(50)86-76-53-54(70(102-30-14)62(94-46-38-22-6)61(69(53)101-29-13)93-45-37-21-5)78(83-76)88-80-56-55(71(103-31-15)63(95-47-39-23-7)64(72(56)104-32-16)96-48-40-24-8)79(84-80)87-77-52-51(75(82-77)85-73)67(99-27-11)59(91-43-35-19-3)60(68(52)100-28-12)92-44-36-20-4/h17-48H2,1-16H3,(H2,81,82,83,84,85,86,87,88). The summed E-state index contributed by atoms with van der Waals surface area (Å²) >= 11 is 13.8. The molecule has 0 atom stereocenters. The molecule has 104 heavy (non-hydrogen) atoms. The first-order valence-corrected chi connectivity index (χ1v) is 46.8. The summed E-state index contributed by atoms with van der Waals surface area (Å²) in [4.78, 5) is 51.2. The molecule has 0 spiro atoms. The van der Waals surface area contributed by atoms with Gasteiger partial charge < -0.3 is 47.9 Å². The molecule has 0 unspecified atom stereocenters. The Morgan fingerprint density at radius 2 is 0.365 bits per heavy atom. The Labute approximate surface area is 653 Å². The van der Waals surface area contributed by atoms with Crippen molar-refractivity contribution in [1.29, 1.82) is 0 Å². The predicted molar refractivity (Wildman–Crippen MR) is 450 cm³/mol. The number of benzene rings is 4. The van der Waals surface area contributed by atoms with Gasteiger partial charge in [0, 0.05) is 43.8 Å². The molecule has 5 heterocycles. The van der Waals surface area contributed by atoms with Crippen molar-refractivity contribution >= 4 is 138 Å². The molecule has 16 nitrogen and oxygen atoms in total. The maximum Gasteiger partial charge on any atom is 0.176 e. The lowest BCUT2D eigenvalue weighted by Gasteiger charge is -2.23. The number of hydrogen-bond donors (Lipinski definition) is 2. The molecule has 7 aromatic rings. The first kappa shape index (κ1) is 83.5. The number of unbranched alkanes of at least 4 members (excludes halogenated alkanes) is 8. The van der Waals surface area contributed by atoms with Crippen molar-refractivity contribution < 1.29 is 37.9 Å². The predicted octanol–water partition coefficient (Wildman–Crippen LogP) is 25.2. The smallest absolute Gasteiger partial charge is 0.176 e. The zero-order valence-corrected chi connectivity index (χ0v) is 71.4. The Balaban J connectivity index is 1.70. The van der Waals surface area contributed by atoms with Crippen LogP contribution >= 0.6 is 94.1 Å². The molecular formula is C80H114N8O8S8. The van der Waals surface area contributed by atoms with Crippen LogP contribution in [0.1, 0.15) is 214 Å². The van der Waals surface area contributed by atoms with E-state index in [2.05, 4.69) is 121 Å². The molecule has 2 aliphatic heterocycles. The molecule has 0 radical (unpaired) electrons. The van der Waals surface area contributed by atoms with Gasteiger partial charge in [0.15, 0.2) is 69.3 Å². The first-order chi connectivity index (χ1) is 51.0. The second-order valence-corrected chi connectivity index (χ2v) is 35.2. The molecule has 0 amide bonds. The van der Waals surface area contributed by atoms with Crippen molar-refractivity contribution in [2.75, 3.05) is 98.9 Å². The summed E-state index contributed by atoms with van der Waals surface area (Å²) in [5, 5.41) is 3.45. The van der Waals surface area contributed by atoms with E-state index in [1.165, 1.54) is 0 Å². The number of fused-ring (bicyclic) bond motifs is 20. The number of ether oxygens (including phenoxy) is 8. The normalized spacial score (nSPS) is 11.8. The van der Waals surface area contributed by atoms with Crippen LogP contribution in [0.5, 0.6) is 46.0 Å². The SMILES string of the molecule is CCCCOc1c(OCCCC)c(SCC)c2c(c1SCC)-c1nc-2nc2[nH]c(nc3nc(nc4[nH]c(n1)c1c(SCC)c(OCCCC)c(OCCCC)c(SCC)c41)-c1c(SCC)c(OCCCC)c(OCCCC)c(SCC)c1-3)c1c(SCC)c(OCCCC)c(OCCCC)c(SCC)c21. The molecule has 2 N–H and O–H groups in total. The lowest BCUT2D eigenvalue weighted by molar-refractivity contribution is 0.252. The second kappa shape index (κ2) is 43.0. The number of hydrogen-bond acceptors (Lipinski definition) is 22. The van der Waals surface area contributed by atoms with E-state index in [0.717, 1.165) is 255 Å². The summed E-state index contributed by atoms with van der Waals surface area (Å²) in [6.45, 7) is 39.3. The van der Waals surface area contributed by atoms with Gasteiger partial charge in [-0.2, -0.15) is 0 Å². The van der Waals surface area contributed by atoms with Gasteiger partial charge in [0.25, 0.3) is 0 Å². The van der Waals surface area contributed by atoms with Crippen molar-refractivity contribution in [3.8, 4) is 91.5 Å². The van der Waals surface area contributed by atoms with Gasteiger partial charge in [-0.3, -0.25) is 0 Å². The van der Waals surface area contributed by atoms with Crippen LogP contribution < -0.4 is 37.9 Å². The number of nitrogens with zero attached hydrogens (tertiary/aromatic N) is 6. The third-order valence-electron chi connectivity index (χ3n) is 17.2. The highest BCUT2D eigenvalue weighted by molar-refractivity contribution is 8.01. The summed E-state index contributed by atoms with van der Waals surface area (Å²) in [5.74, 6) is 13.5. The van der Waals surface area contributed by atoms with Crippen LogP contribution in [0.2, 0.25) is 0 Å². The molecule has 9 rings (SSSR count). The highest BCUT2D eigenvalue weighted by Crippen LogP contribution is 2.61. The van der Waals surface area contributed by atoms with Gasteiger partial charge in [-0.1, -0.05) is 162 Å². The van der Waals surface area contributed by atoms with Crippen LogP contribution in [0.4, 0.5) is 0 Å². The Morgan fingerprint density at radius 3 is 0.519 bits per heavy atom. The summed E-state index contributed by atoms with van der Waals surface area (Å²) in [6, 6.07) is 0. The Kier molecular flexibility index (Phi) is 34.5. The lowest BCUT2D eigenvalue weighted by atomic mass is 10.1. The lowest BCUT2D eigenvalue weighted by Crippen LogP contribution is -2.07. The summed E-state index contributed by atoms with van der Waals surface area (Å²) in [5.41, 5.74) is 5.62. The maximum atomic E-state index is 7.17. The molecule has 0 saturated heterocycles. The topological polar surface area (TPSA) is 183 Å². The van der Waals surface area contributed by atoms with Crippen molar-refractivity contribution in [3.05, 3.63) is 0 Å². The fourth-order valence-electron chi connectivity index (χ4n) is 12.2. The zero-order valence-electron chi connectivity index (χ0n) is 64.8. The monoisotopic (exact) mass is 1570 g/mol. The highest BCUT2D eigenvalue weighted by Gasteiger charge is 2.39. The molecule has 3 aromatic heterocycles. The Bertz CT molecular complexity index is 3660. The Hall–Kier alpha value is -4.56. The van der Waals surface area contributed by atoms with E-state index in [1.807, 2.05) is 0 Å². The molecule has 570 valence electrons. The van der Waals surface area contributed by atoms with Gasteiger partial charge in [0.05, 0.1) is 92.0 Å². The molecule has 0 saturated carbocycles. The van der Waals surface area contributed by atoms with Crippen LogP contribution in [0, 0.1) is 0 Å². The van der Waals surface area contributed by atoms with Crippen molar-refractivity contribution in [2.45, 2.75) is 253 Å². The number of rotatable bonds is 48. The van der Waals surface area contributed by atoms with Crippen LogP contribution in [-0.2, 0) is 0 Å². The first-order valence-electron chi connectivity index (χ1n) is 38.9. The molecule has 0 aliphatic carbocycles. The molecule has 0 fully saturated rings. The van der Waals surface area contributed by atoms with E-state index in [-0.39, 0.29) is 0 Å². The summed E-state index contributed by atoms with van der Waals surface area (Å²) in [7, 11) is 0. The minimum atomic E-state index is 0.483. The minimum absolute atomic E-state index is 0.483. The van der Waals surface area contributed by atoms with Crippen LogP contribution in [0.15, 0.2) is 39.2 Å². The summed E-state index contributed by atoms with van der Waals surface area (Å²) in [6.07, 6.45) is 14.7. The van der Waals surface area contributed by atoms with E-state index in [0.29, 0.717) is 122 Å². The number of nitrogens with one attached hydrogen (secondary N) is 2. The van der Waals surface area contributed by atoms with Gasteiger partial charge >= 0.3 is 0 Å². The van der Waals surface area contributed by atoms with Gasteiger partial charge in [-0.05, 0) is 97.4 Å². The number of H-pyrrole nitrogens is 2. The van der Waals surface area contributed by atoms with Gasteiger partial charge in [-0.15, -0.1) is 94.1 Å². The fraction of sp³-hybridized carbons (Fsp3) is 0.600. The van der Waals surface area contributed by atoms with Crippen LogP contribution in [0.3, 0.4) is 0 Å². The molecule has 24 heteroatoms. The average Bonchev–Trinajstić information content (AvgIpc) is 1.55. The van der Waals surface area contributed by atoms with E-state index >= 15 is 0 Å². The van der Waals surface area contributed by atoms with Crippen molar-refractivity contribution in [3.63, 3.8) is 0 Å². The largest absolute Gasteiger partial charge is 0.488 e. The highest BCUT2D eigenvalue weighted by atomic mass is 32.2. The number of aromatic nitrogens is 8. The fourth-order valence-corrected chi connectivity index (χ4v) is 19.5. The molecule has 4 aromatic carbocycles. The summed E-state index contributed by atoms with van der Waals surface area (Å²) < 4.78 is 57.4. The van der Waals surface area contributed by atoms with Crippen LogP contribution in [0.25, 0.3) is 89.7 Å². The molecular weight excluding hydrogens is 1460 g/mol. The van der Waals surface area contributed by atoms with Gasteiger partial charge in [0.1, 0.15) is 22.6 Å².